The van der Waals surface area contributed by atoms with E-state index < -0.39 is 16.0 Å². The van der Waals surface area contributed by atoms with Crippen LogP contribution in [-0.4, -0.2) is 26.0 Å². The van der Waals surface area contributed by atoms with E-state index in [2.05, 4.69) is 0 Å². The molecule has 0 bridgehead atoms. The minimum atomic E-state index is -3.82. The molecule has 0 heterocycles. The number of halogens is 1. The number of carboxylic acids is 1. The summed E-state index contributed by atoms with van der Waals surface area (Å²) in [6.45, 7) is 3.86. The highest BCUT2D eigenvalue weighted by molar-refractivity contribution is 7.92. The average molecular weight is 382 g/mol. The zero-order valence-corrected chi connectivity index (χ0v) is 15.6. The molecule has 2 aromatic rings. The van der Waals surface area contributed by atoms with E-state index in [4.69, 9.17) is 16.7 Å². The number of nitrogens with zero attached hydrogens (tertiary/aromatic N) is 1. The van der Waals surface area contributed by atoms with Crippen molar-refractivity contribution in [3.63, 3.8) is 0 Å². The third kappa shape index (κ3) is 4.96. The fourth-order valence-corrected chi connectivity index (χ4v) is 4.20. The predicted octanol–water partition coefficient (Wildman–Crippen LogP) is 4.02. The minimum Gasteiger partial charge on any atom is -0.481 e. The summed E-state index contributed by atoms with van der Waals surface area (Å²) in [5.41, 5.74) is 2.40. The molecule has 0 aliphatic carbocycles. The lowest BCUT2D eigenvalue weighted by atomic mass is 10.1. The van der Waals surface area contributed by atoms with E-state index in [-0.39, 0.29) is 24.3 Å². The van der Waals surface area contributed by atoms with Crippen molar-refractivity contribution in [1.29, 1.82) is 0 Å². The van der Waals surface area contributed by atoms with Gasteiger partial charge in [-0.1, -0.05) is 17.7 Å². The van der Waals surface area contributed by atoms with E-state index in [1.54, 1.807) is 12.1 Å². The van der Waals surface area contributed by atoms with Crippen molar-refractivity contribution in [2.45, 2.75) is 31.6 Å². The van der Waals surface area contributed by atoms with Crippen molar-refractivity contribution >= 4 is 33.3 Å². The van der Waals surface area contributed by atoms with Crippen molar-refractivity contribution < 1.29 is 18.3 Å². The van der Waals surface area contributed by atoms with Gasteiger partial charge in [0.05, 0.1) is 10.6 Å². The molecule has 0 aromatic heterocycles. The van der Waals surface area contributed by atoms with Crippen LogP contribution in [0.4, 0.5) is 5.69 Å². The van der Waals surface area contributed by atoms with Crippen LogP contribution >= 0.6 is 11.6 Å². The van der Waals surface area contributed by atoms with Crippen molar-refractivity contribution in [1.82, 2.24) is 0 Å². The van der Waals surface area contributed by atoms with E-state index >= 15 is 0 Å². The highest BCUT2D eigenvalue weighted by atomic mass is 35.5. The van der Waals surface area contributed by atoms with Gasteiger partial charge >= 0.3 is 5.97 Å². The maximum Gasteiger partial charge on any atom is 0.303 e. The highest BCUT2D eigenvalue weighted by Crippen LogP contribution is 2.27. The van der Waals surface area contributed by atoms with Crippen molar-refractivity contribution in [3.05, 3.63) is 58.6 Å². The van der Waals surface area contributed by atoms with Gasteiger partial charge in [0.1, 0.15) is 0 Å². The topological polar surface area (TPSA) is 74.7 Å². The van der Waals surface area contributed by atoms with Gasteiger partial charge in [-0.05, 0) is 67.8 Å². The second kappa shape index (κ2) is 7.89. The maximum absolute atomic E-state index is 13.1. The number of benzene rings is 2. The summed E-state index contributed by atoms with van der Waals surface area (Å²) in [7, 11) is -3.82. The fraction of sp³-hybridized carbons (Fsp3) is 0.278. The lowest BCUT2D eigenvalue weighted by molar-refractivity contribution is -0.137. The Balaban J connectivity index is 2.45. The molecule has 0 radical (unpaired) electrons. The van der Waals surface area contributed by atoms with Crippen LogP contribution in [0.25, 0.3) is 0 Å². The molecule has 25 heavy (non-hydrogen) atoms. The molecule has 0 saturated carbocycles. The van der Waals surface area contributed by atoms with E-state index in [1.807, 2.05) is 19.9 Å². The summed E-state index contributed by atoms with van der Waals surface area (Å²) >= 11 is 5.84. The number of aryl methyl sites for hydroxylation is 2. The Labute approximate surface area is 152 Å². The van der Waals surface area contributed by atoms with Crippen LogP contribution in [0.15, 0.2) is 47.4 Å². The molecule has 0 saturated heterocycles. The van der Waals surface area contributed by atoms with Crippen LogP contribution in [0.1, 0.15) is 24.0 Å². The number of anilines is 1. The first-order chi connectivity index (χ1) is 11.7. The third-order valence-electron chi connectivity index (χ3n) is 3.65. The highest BCUT2D eigenvalue weighted by Gasteiger charge is 2.25. The standard InChI is InChI=1S/C18H20ClNO4S/c1-13-10-14(2)12-16(11-13)20(9-3-4-18(21)22)25(23,24)17-7-5-15(19)6-8-17/h5-8,10-12H,3-4,9H2,1-2H3,(H,21,22). The second-order valence-corrected chi connectivity index (χ2v) is 8.17. The molecule has 0 fully saturated rings. The first kappa shape index (κ1) is 19.3. The molecular weight excluding hydrogens is 362 g/mol. The van der Waals surface area contributed by atoms with E-state index in [1.165, 1.54) is 28.6 Å². The van der Waals surface area contributed by atoms with E-state index in [9.17, 15) is 13.2 Å². The first-order valence-corrected chi connectivity index (χ1v) is 9.60. The molecule has 2 aromatic carbocycles. The molecule has 2 rings (SSSR count). The molecule has 5 nitrogen and oxygen atoms in total. The SMILES string of the molecule is Cc1cc(C)cc(N(CCCC(=O)O)S(=O)(=O)c2ccc(Cl)cc2)c1. The first-order valence-electron chi connectivity index (χ1n) is 7.78. The van der Waals surface area contributed by atoms with Crippen LogP contribution in [-0.2, 0) is 14.8 Å². The Morgan fingerprint density at radius 1 is 1.08 bits per heavy atom. The Morgan fingerprint density at radius 2 is 1.64 bits per heavy atom. The molecule has 0 unspecified atom stereocenters. The summed E-state index contributed by atoms with van der Waals surface area (Å²) in [4.78, 5) is 10.9. The van der Waals surface area contributed by atoms with Gasteiger partial charge in [0.25, 0.3) is 10.0 Å². The minimum absolute atomic E-state index is 0.0835. The van der Waals surface area contributed by atoms with Gasteiger partial charge in [-0.15, -0.1) is 0 Å². The van der Waals surface area contributed by atoms with E-state index in [0.29, 0.717) is 10.7 Å². The lowest BCUT2D eigenvalue weighted by Gasteiger charge is -2.25. The van der Waals surface area contributed by atoms with Crippen LogP contribution < -0.4 is 4.31 Å². The molecule has 0 amide bonds. The molecule has 0 atom stereocenters. The monoisotopic (exact) mass is 381 g/mol. The van der Waals surface area contributed by atoms with Gasteiger partial charge in [-0.2, -0.15) is 0 Å². The van der Waals surface area contributed by atoms with E-state index in [0.717, 1.165) is 11.1 Å². The summed E-state index contributed by atoms with van der Waals surface area (Å²) in [6, 6.07) is 11.4. The Bertz CT molecular complexity index is 843. The molecule has 134 valence electrons. The van der Waals surface area contributed by atoms with Gasteiger partial charge in [-0.3, -0.25) is 9.10 Å². The number of sulfonamides is 1. The second-order valence-electron chi connectivity index (χ2n) is 5.87. The molecule has 0 aliphatic rings. The Morgan fingerprint density at radius 3 is 2.16 bits per heavy atom. The van der Waals surface area contributed by atoms with Crippen molar-refractivity contribution in [3.8, 4) is 0 Å². The number of hydrogen-bond donors (Lipinski definition) is 1. The summed E-state index contributed by atoms with van der Waals surface area (Å²) in [5.74, 6) is -0.954. The zero-order valence-electron chi connectivity index (χ0n) is 14.1. The number of aliphatic carboxylic acids is 1. The number of rotatable bonds is 7. The zero-order chi connectivity index (χ0) is 18.6. The van der Waals surface area contributed by atoms with Crippen molar-refractivity contribution in [2.75, 3.05) is 10.8 Å². The van der Waals surface area contributed by atoms with Crippen LogP contribution in [0.3, 0.4) is 0 Å². The molecular formula is C18H20ClNO4S. The molecule has 7 heteroatoms. The third-order valence-corrected chi connectivity index (χ3v) is 5.74. The van der Waals surface area contributed by atoms with Gasteiger partial charge in [0.2, 0.25) is 0 Å². The van der Waals surface area contributed by atoms with Crippen LogP contribution in [0, 0.1) is 13.8 Å². The lowest BCUT2D eigenvalue weighted by Crippen LogP contribution is -2.32. The summed E-state index contributed by atoms with van der Waals surface area (Å²) in [6.07, 6.45) is 0.118. The number of carboxylic acid groups (broad SMARTS) is 1. The Kier molecular flexibility index (Phi) is 6.08. The van der Waals surface area contributed by atoms with Gasteiger partial charge in [0.15, 0.2) is 0 Å². The van der Waals surface area contributed by atoms with Gasteiger partial charge in [-0.25, -0.2) is 8.42 Å². The molecule has 1 N–H and O–H groups in total. The predicted molar refractivity (Wildman–Crippen MR) is 98.8 cm³/mol. The maximum atomic E-state index is 13.1. The van der Waals surface area contributed by atoms with Crippen molar-refractivity contribution in [2.24, 2.45) is 0 Å². The Hall–Kier alpha value is -2.05. The van der Waals surface area contributed by atoms with Gasteiger partial charge in [0, 0.05) is 18.0 Å². The molecule has 0 spiro atoms. The smallest absolute Gasteiger partial charge is 0.303 e. The number of carbonyl (C=O) groups is 1. The average Bonchev–Trinajstić information content (AvgIpc) is 2.50. The van der Waals surface area contributed by atoms with Crippen LogP contribution in [0.2, 0.25) is 5.02 Å². The largest absolute Gasteiger partial charge is 0.481 e. The molecule has 0 aliphatic heterocycles. The summed E-state index contributed by atoms with van der Waals surface area (Å²) < 4.78 is 27.4. The summed E-state index contributed by atoms with van der Waals surface area (Å²) in [5, 5.41) is 9.30. The van der Waals surface area contributed by atoms with Crippen LogP contribution in [0.5, 0.6) is 0 Å². The van der Waals surface area contributed by atoms with Gasteiger partial charge < -0.3 is 5.11 Å². The number of hydrogen-bond acceptors (Lipinski definition) is 3. The fourth-order valence-electron chi connectivity index (χ4n) is 2.59. The quantitative estimate of drug-likeness (QED) is 0.786. The normalized spacial score (nSPS) is 11.3.